The van der Waals surface area contributed by atoms with E-state index in [1.165, 1.54) is 35.0 Å². The van der Waals surface area contributed by atoms with Crippen molar-refractivity contribution in [1.82, 2.24) is 15.1 Å². The number of piperazine rings is 1. The number of aryl methyl sites for hydroxylation is 1. The fourth-order valence-corrected chi connectivity index (χ4v) is 3.70. The Labute approximate surface area is 115 Å². The second kappa shape index (κ2) is 6.15. The highest BCUT2D eigenvalue weighted by Crippen LogP contribution is 2.24. The third-order valence-electron chi connectivity index (χ3n) is 3.76. The van der Waals surface area contributed by atoms with Crippen molar-refractivity contribution in [3.8, 4) is 0 Å². The molecule has 0 bridgehead atoms. The van der Waals surface area contributed by atoms with Gasteiger partial charge in [-0.05, 0) is 39.6 Å². The minimum atomic E-state index is 0.663. The van der Waals surface area contributed by atoms with Crippen LogP contribution in [0.2, 0.25) is 0 Å². The molecular weight excluding hydrogens is 242 g/mol. The summed E-state index contributed by atoms with van der Waals surface area (Å²) < 4.78 is 0. The Morgan fingerprint density at radius 3 is 2.89 bits per heavy atom. The summed E-state index contributed by atoms with van der Waals surface area (Å²) in [6.07, 6.45) is 0. The van der Waals surface area contributed by atoms with Crippen LogP contribution in [0.25, 0.3) is 0 Å². The molecule has 0 amide bonds. The molecule has 2 heterocycles. The largest absolute Gasteiger partial charge is 0.315 e. The van der Waals surface area contributed by atoms with E-state index in [-0.39, 0.29) is 0 Å². The van der Waals surface area contributed by atoms with E-state index >= 15 is 0 Å². The molecule has 1 atom stereocenters. The number of nitrogens with one attached hydrogen (secondary N) is 1. The minimum Gasteiger partial charge on any atom is -0.315 e. The van der Waals surface area contributed by atoms with E-state index in [9.17, 15) is 0 Å². The van der Waals surface area contributed by atoms with Crippen LogP contribution in [0.4, 0.5) is 0 Å². The molecule has 1 aromatic rings. The Kier molecular flexibility index (Phi) is 4.78. The molecule has 102 valence electrons. The molecule has 1 aromatic heterocycles. The van der Waals surface area contributed by atoms with Crippen molar-refractivity contribution in [2.75, 3.05) is 33.7 Å². The van der Waals surface area contributed by atoms with E-state index < -0.39 is 0 Å². The summed E-state index contributed by atoms with van der Waals surface area (Å²) in [4.78, 5) is 7.96. The Balaban J connectivity index is 2.00. The van der Waals surface area contributed by atoms with E-state index in [0.29, 0.717) is 6.04 Å². The zero-order valence-corrected chi connectivity index (χ0v) is 12.8. The molecule has 1 fully saturated rings. The number of nitrogens with zero attached hydrogens (tertiary/aromatic N) is 2. The third-order valence-corrected chi connectivity index (χ3v) is 4.86. The van der Waals surface area contributed by atoms with Crippen molar-refractivity contribution in [3.63, 3.8) is 0 Å². The average molecular weight is 267 g/mol. The SMILES string of the molecule is CNCc1cc(CN2CCN(C)CC2C)c(C)s1. The lowest BCUT2D eigenvalue weighted by Gasteiger charge is -2.38. The second-order valence-electron chi connectivity index (χ2n) is 5.41. The molecule has 1 aliphatic rings. The van der Waals surface area contributed by atoms with Gasteiger partial charge in [-0.3, -0.25) is 4.90 Å². The molecule has 0 aliphatic carbocycles. The van der Waals surface area contributed by atoms with E-state index in [0.717, 1.165) is 13.1 Å². The summed E-state index contributed by atoms with van der Waals surface area (Å²) in [5.74, 6) is 0. The van der Waals surface area contributed by atoms with Crippen molar-refractivity contribution in [2.45, 2.75) is 33.0 Å². The zero-order valence-electron chi connectivity index (χ0n) is 12.0. The van der Waals surface area contributed by atoms with E-state index in [2.05, 4.69) is 42.1 Å². The fraction of sp³-hybridized carbons (Fsp3) is 0.714. The lowest BCUT2D eigenvalue weighted by atomic mass is 10.1. The van der Waals surface area contributed by atoms with Gasteiger partial charge in [0.1, 0.15) is 0 Å². The van der Waals surface area contributed by atoms with Crippen molar-refractivity contribution in [2.24, 2.45) is 0 Å². The number of rotatable bonds is 4. The van der Waals surface area contributed by atoms with Crippen LogP contribution in [-0.2, 0) is 13.1 Å². The van der Waals surface area contributed by atoms with Gasteiger partial charge < -0.3 is 10.2 Å². The molecular formula is C14H25N3S. The summed E-state index contributed by atoms with van der Waals surface area (Å²) in [5, 5.41) is 3.23. The van der Waals surface area contributed by atoms with Crippen LogP contribution in [-0.4, -0.2) is 49.6 Å². The van der Waals surface area contributed by atoms with Crippen molar-refractivity contribution >= 4 is 11.3 Å². The van der Waals surface area contributed by atoms with E-state index in [4.69, 9.17) is 0 Å². The molecule has 1 N–H and O–H groups in total. The third kappa shape index (κ3) is 3.32. The van der Waals surface area contributed by atoms with Gasteiger partial charge in [-0.1, -0.05) is 0 Å². The summed E-state index contributed by atoms with van der Waals surface area (Å²) >= 11 is 1.93. The van der Waals surface area contributed by atoms with Gasteiger partial charge in [0.05, 0.1) is 0 Å². The maximum atomic E-state index is 3.23. The standard InChI is InChI=1S/C14H25N3S/c1-11-9-16(4)5-6-17(11)10-13-7-14(8-15-3)18-12(13)2/h7,11,15H,5-6,8-10H2,1-4H3. The molecule has 0 spiro atoms. The normalized spacial score (nSPS) is 22.6. The molecule has 0 saturated carbocycles. The molecule has 0 radical (unpaired) electrons. The summed E-state index contributed by atoms with van der Waals surface area (Å²) in [5.41, 5.74) is 1.52. The molecule has 4 heteroatoms. The highest BCUT2D eigenvalue weighted by atomic mass is 32.1. The number of hydrogen-bond acceptors (Lipinski definition) is 4. The van der Waals surface area contributed by atoms with Gasteiger partial charge in [-0.2, -0.15) is 0 Å². The van der Waals surface area contributed by atoms with Gasteiger partial charge >= 0.3 is 0 Å². The smallest absolute Gasteiger partial charge is 0.0296 e. The molecule has 0 aromatic carbocycles. The van der Waals surface area contributed by atoms with Crippen molar-refractivity contribution in [1.29, 1.82) is 0 Å². The Bertz CT molecular complexity index is 388. The van der Waals surface area contributed by atoms with Gasteiger partial charge in [0.25, 0.3) is 0 Å². The summed E-state index contributed by atoms with van der Waals surface area (Å²) in [6.45, 7) is 10.3. The van der Waals surface area contributed by atoms with Crippen molar-refractivity contribution < 1.29 is 0 Å². The van der Waals surface area contributed by atoms with Crippen LogP contribution in [0, 0.1) is 6.92 Å². The first-order valence-electron chi connectivity index (χ1n) is 6.75. The molecule has 18 heavy (non-hydrogen) atoms. The molecule has 1 saturated heterocycles. The molecule has 2 rings (SSSR count). The first-order chi connectivity index (χ1) is 8.60. The lowest BCUT2D eigenvalue weighted by Crippen LogP contribution is -2.49. The van der Waals surface area contributed by atoms with Crippen LogP contribution in [0.1, 0.15) is 22.2 Å². The number of hydrogen-bond donors (Lipinski definition) is 1. The van der Waals surface area contributed by atoms with Crippen molar-refractivity contribution in [3.05, 3.63) is 21.4 Å². The first kappa shape index (κ1) is 14.0. The highest BCUT2D eigenvalue weighted by molar-refractivity contribution is 7.12. The first-order valence-corrected chi connectivity index (χ1v) is 7.57. The van der Waals surface area contributed by atoms with Gasteiger partial charge in [0.15, 0.2) is 0 Å². The number of thiophene rings is 1. The highest BCUT2D eigenvalue weighted by Gasteiger charge is 2.22. The van der Waals surface area contributed by atoms with Crippen LogP contribution in [0.3, 0.4) is 0 Å². The van der Waals surface area contributed by atoms with Crippen LogP contribution < -0.4 is 5.32 Å². The lowest BCUT2D eigenvalue weighted by molar-refractivity contribution is 0.0938. The van der Waals surface area contributed by atoms with Crippen LogP contribution in [0.15, 0.2) is 6.07 Å². The maximum Gasteiger partial charge on any atom is 0.0296 e. The Morgan fingerprint density at radius 2 is 2.22 bits per heavy atom. The van der Waals surface area contributed by atoms with E-state index in [1.807, 2.05) is 18.4 Å². The summed E-state index contributed by atoms with van der Waals surface area (Å²) in [6, 6.07) is 3.04. The predicted molar refractivity (Wildman–Crippen MR) is 79.2 cm³/mol. The zero-order chi connectivity index (χ0) is 13.1. The topological polar surface area (TPSA) is 18.5 Å². The van der Waals surface area contributed by atoms with Gasteiger partial charge in [0.2, 0.25) is 0 Å². The summed E-state index contributed by atoms with van der Waals surface area (Å²) in [7, 11) is 4.23. The quantitative estimate of drug-likeness (QED) is 0.899. The van der Waals surface area contributed by atoms with E-state index in [1.54, 1.807) is 0 Å². The molecule has 3 nitrogen and oxygen atoms in total. The van der Waals surface area contributed by atoms with Crippen LogP contribution >= 0.6 is 11.3 Å². The van der Waals surface area contributed by atoms with Crippen LogP contribution in [0.5, 0.6) is 0 Å². The maximum absolute atomic E-state index is 3.23. The fourth-order valence-electron chi connectivity index (χ4n) is 2.64. The van der Waals surface area contributed by atoms with Gasteiger partial charge in [0, 0.05) is 48.5 Å². The van der Waals surface area contributed by atoms with Gasteiger partial charge in [-0.15, -0.1) is 11.3 Å². The Morgan fingerprint density at radius 1 is 1.44 bits per heavy atom. The van der Waals surface area contributed by atoms with Gasteiger partial charge in [-0.25, -0.2) is 0 Å². The monoisotopic (exact) mass is 267 g/mol. The minimum absolute atomic E-state index is 0.663. The Hall–Kier alpha value is -0.420. The molecule has 1 aliphatic heterocycles. The second-order valence-corrected chi connectivity index (χ2v) is 6.75. The predicted octanol–water partition coefficient (Wildman–Crippen LogP) is 1.91. The number of likely N-dealkylation sites (N-methyl/N-ethyl adjacent to an activating group) is 1. The molecule has 1 unspecified atom stereocenters. The average Bonchev–Trinajstić information content (AvgIpc) is 2.64.